The number of hydrogen-bond acceptors (Lipinski definition) is 3. The summed E-state index contributed by atoms with van der Waals surface area (Å²) < 4.78 is 32.8. The van der Waals surface area contributed by atoms with Crippen LogP contribution in [0.15, 0.2) is 48.5 Å². The van der Waals surface area contributed by atoms with Crippen LogP contribution in [0.4, 0.5) is 13.6 Å². The minimum Gasteiger partial charge on any atom is -0.480 e. The molecule has 2 N–H and O–H groups in total. The van der Waals surface area contributed by atoms with Gasteiger partial charge in [0.1, 0.15) is 12.6 Å². The van der Waals surface area contributed by atoms with Crippen molar-refractivity contribution in [1.82, 2.24) is 5.32 Å². The molecule has 30 heavy (non-hydrogen) atoms. The van der Waals surface area contributed by atoms with E-state index in [1.54, 1.807) is 0 Å². The van der Waals surface area contributed by atoms with Crippen LogP contribution < -0.4 is 5.32 Å². The number of fused-ring (bicyclic) bond motifs is 3. The van der Waals surface area contributed by atoms with Crippen molar-refractivity contribution in [2.24, 2.45) is 5.92 Å². The topological polar surface area (TPSA) is 75.6 Å². The van der Waals surface area contributed by atoms with Gasteiger partial charge in [-0.2, -0.15) is 0 Å². The van der Waals surface area contributed by atoms with Gasteiger partial charge >= 0.3 is 12.1 Å². The van der Waals surface area contributed by atoms with Crippen LogP contribution in [0.25, 0.3) is 11.1 Å². The summed E-state index contributed by atoms with van der Waals surface area (Å²) in [6, 6.07) is 14.3. The molecular weight excluding hydrogens is 392 g/mol. The molecule has 5 nitrogen and oxygen atoms in total. The molecule has 0 heterocycles. The maximum absolute atomic E-state index is 13.7. The number of carboxylic acids is 1. The van der Waals surface area contributed by atoms with Gasteiger partial charge in [-0.3, -0.25) is 0 Å². The number of carbonyl (C=O) groups excluding carboxylic acids is 1. The van der Waals surface area contributed by atoms with Gasteiger partial charge in [-0.1, -0.05) is 48.5 Å². The second-order valence-electron chi connectivity index (χ2n) is 8.00. The first-order valence-corrected chi connectivity index (χ1v) is 10.1. The smallest absolute Gasteiger partial charge is 0.407 e. The Hall–Kier alpha value is -2.96. The van der Waals surface area contributed by atoms with E-state index in [2.05, 4.69) is 5.32 Å². The molecule has 0 spiro atoms. The van der Waals surface area contributed by atoms with Crippen molar-refractivity contribution in [2.45, 2.75) is 43.6 Å². The van der Waals surface area contributed by atoms with Crippen LogP contribution in [0.2, 0.25) is 0 Å². The second kappa shape index (κ2) is 8.05. The minimum atomic E-state index is -2.90. The van der Waals surface area contributed by atoms with Gasteiger partial charge < -0.3 is 15.2 Å². The van der Waals surface area contributed by atoms with E-state index in [9.17, 15) is 23.5 Å². The third-order valence-electron chi connectivity index (χ3n) is 6.03. The van der Waals surface area contributed by atoms with Gasteiger partial charge in [0.2, 0.25) is 5.92 Å². The lowest BCUT2D eigenvalue weighted by molar-refractivity contribution is -0.143. The molecule has 0 bridgehead atoms. The molecule has 0 aliphatic heterocycles. The van der Waals surface area contributed by atoms with E-state index in [0.717, 1.165) is 22.3 Å². The van der Waals surface area contributed by atoms with Crippen molar-refractivity contribution in [2.75, 3.05) is 6.61 Å². The van der Waals surface area contributed by atoms with E-state index in [-0.39, 0.29) is 25.4 Å². The summed E-state index contributed by atoms with van der Waals surface area (Å²) in [7, 11) is 0. The largest absolute Gasteiger partial charge is 0.480 e. The lowest BCUT2D eigenvalue weighted by atomic mass is 9.82. The van der Waals surface area contributed by atoms with E-state index in [4.69, 9.17) is 4.74 Å². The van der Waals surface area contributed by atoms with E-state index in [0.29, 0.717) is 6.42 Å². The SMILES string of the molecule is O=C(NC(C(=O)O)[C@H]1CCCC(F)(F)C1)OCC1c2ccccc2-c2ccccc21. The number of hydrogen-bond donors (Lipinski definition) is 2. The third-order valence-corrected chi connectivity index (χ3v) is 6.03. The van der Waals surface area contributed by atoms with Gasteiger partial charge in [-0.25, -0.2) is 18.4 Å². The molecule has 1 saturated carbocycles. The number of amides is 1. The molecule has 1 amide bonds. The van der Waals surface area contributed by atoms with E-state index in [1.165, 1.54) is 0 Å². The number of halogens is 2. The number of ether oxygens (including phenoxy) is 1. The molecule has 158 valence electrons. The maximum Gasteiger partial charge on any atom is 0.407 e. The summed E-state index contributed by atoms with van der Waals surface area (Å²) in [6.45, 7) is 0.0347. The second-order valence-corrected chi connectivity index (χ2v) is 8.00. The molecule has 2 aliphatic rings. The maximum atomic E-state index is 13.7. The highest BCUT2D eigenvalue weighted by Crippen LogP contribution is 2.44. The average molecular weight is 415 g/mol. The van der Waals surface area contributed by atoms with Crippen LogP contribution in [0.3, 0.4) is 0 Å². The fraction of sp³-hybridized carbons (Fsp3) is 0.391. The Balaban J connectivity index is 1.44. The number of nitrogens with one attached hydrogen (secondary N) is 1. The normalized spacial score (nSPS) is 20.7. The van der Waals surface area contributed by atoms with Crippen LogP contribution in [-0.4, -0.2) is 35.7 Å². The zero-order valence-electron chi connectivity index (χ0n) is 16.3. The monoisotopic (exact) mass is 415 g/mol. The summed E-state index contributed by atoms with van der Waals surface area (Å²) in [6.07, 6.45) is -1.14. The molecular formula is C23H23F2NO4. The fourth-order valence-corrected chi connectivity index (χ4v) is 4.64. The predicted octanol–water partition coefficient (Wildman–Crippen LogP) is 4.80. The lowest BCUT2D eigenvalue weighted by Crippen LogP contribution is -2.49. The van der Waals surface area contributed by atoms with Gasteiger partial charge in [-0.15, -0.1) is 0 Å². The summed E-state index contributed by atoms with van der Waals surface area (Å²) in [5, 5.41) is 11.8. The van der Waals surface area contributed by atoms with Gasteiger partial charge in [-0.05, 0) is 41.0 Å². The van der Waals surface area contributed by atoms with Crippen LogP contribution >= 0.6 is 0 Å². The molecule has 0 radical (unpaired) electrons. The van der Waals surface area contributed by atoms with Crippen molar-refractivity contribution < 1.29 is 28.2 Å². The molecule has 2 aliphatic carbocycles. The lowest BCUT2D eigenvalue weighted by Gasteiger charge is -2.32. The van der Waals surface area contributed by atoms with Crippen LogP contribution in [0.5, 0.6) is 0 Å². The van der Waals surface area contributed by atoms with Crippen LogP contribution in [0.1, 0.15) is 42.7 Å². The van der Waals surface area contributed by atoms with Gasteiger partial charge in [0.15, 0.2) is 0 Å². The highest BCUT2D eigenvalue weighted by Gasteiger charge is 2.42. The van der Waals surface area contributed by atoms with Crippen LogP contribution in [-0.2, 0) is 9.53 Å². The third kappa shape index (κ3) is 4.01. The van der Waals surface area contributed by atoms with E-state index < -0.39 is 36.4 Å². The molecule has 2 aromatic carbocycles. The molecule has 2 atom stereocenters. The molecule has 1 fully saturated rings. The Kier molecular flexibility index (Phi) is 5.45. The first-order chi connectivity index (χ1) is 14.4. The van der Waals surface area contributed by atoms with Gasteiger partial charge in [0, 0.05) is 18.8 Å². The zero-order valence-corrected chi connectivity index (χ0v) is 16.3. The number of carboxylic acid groups (broad SMARTS) is 1. The Morgan fingerprint density at radius 1 is 1.10 bits per heavy atom. The first kappa shape index (κ1) is 20.3. The van der Waals surface area contributed by atoms with Gasteiger partial charge in [0.05, 0.1) is 0 Å². The fourth-order valence-electron chi connectivity index (χ4n) is 4.64. The number of rotatable bonds is 5. The number of aliphatic carboxylic acids is 1. The number of alkyl halides is 2. The summed E-state index contributed by atoms with van der Waals surface area (Å²) in [5.74, 6) is -5.22. The standard InChI is InChI=1S/C23H23F2NO4/c24-23(25)11-5-6-14(12-23)20(21(27)28)26-22(29)30-13-19-17-9-3-1-7-15(17)16-8-2-4-10-18(16)19/h1-4,7-10,14,19-20H,5-6,11-13H2,(H,26,29)(H,27,28)/t14-,20?/m0/s1. The van der Waals surface area contributed by atoms with Crippen LogP contribution in [0, 0.1) is 5.92 Å². The Bertz CT molecular complexity index is 916. The Morgan fingerprint density at radius 3 is 2.27 bits per heavy atom. The zero-order chi connectivity index (χ0) is 21.3. The van der Waals surface area contributed by atoms with Gasteiger partial charge in [0.25, 0.3) is 0 Å². The highest BCUT2D eigenvalue weighted by molar-refractivity contribution is 5.81. The molecule has 0 aromatic heterocycles. The van der Waals surface area contributed by atoms with Crippen molar-refractivity contribution in [3.05, 3.63) is 59.7 Å². The summed E-state index contributed by atoms with van der Waals surface area (Å²) in [5.41, 5.74) is 4.23. The van der Waals surface area contributed by atoms with Crippen molar-refractivity contribution in [3.63, 3.8) is 0 Å². The molecule has 0 saturated heterocycles. The van der Waals surface area contributed by atoms with Crippen molar-refractivity contribution in [3.8, 4) is 11.1 Å². The molecule has 4 rings (SSSR count). The van der Waals surface area contributed by atoms with Crippen molar-refractivity contribution in [1.29, 1.82) is 0 Å². The number of benzene rings is 2. The number of carbonyl (C=O) groups is 2. The summed E-state index contributed by atoms with van der Waals surface area (Å²) in [4.78, 5) is 24.0. The first-order valence-electron chi connectivity index (χ1n) is 10.1. The number of alkyl carbamates (subject to hydrolysis) is 1. The predicted molar refractivity (Wildman–Crippen MR) is 107 cm³/mol. The molecule has 1 unspecified atom stereocenters. The highest BCUT2D eigenvalue weighted by atomic mass is 19.3. The molecule has 2 aromatic rings. The average Bonchev–Trinajstić information content (AvgIpc) is 3.03. The van der Waals surface area contributed by atoms with Crippen molar-refractivity contribution >= 4 is 12.1 Å². The minimum absolute atomic E-state index is 0.0347. The Morgan fingerprint density at radius 2 is 1.70 bits per heavy atom. The Labute approximate surface area is 173 Å². The summed E-state index contributed by atoms with van der Waals surface area (Å²) >= 11 is 0. The van der Waals surface area contributed by atoms with E-state index >= 15 is 0 Å². The van der Waals surface area contributed by atoms with E-state index in [1.807, 2.05) is 48.5 Å². The molecule has 7 heteroatoms. The quantitative estimate of drug-likeness (QED) is 0.735.